The summed E-state index contributed by atoms with van der Waals surface area (Å²) in [5.41, 5.74) is -1.24. The number of aliphatic hydroxyl groups is 1. The molecule has 4 rings (SSSR count). The van der Waals surface area contributed by atoms with Crippen molar-refractivity contribution in [2.45, 2.75) is 49.5 Å². The van der Waals surface area contributed by atoms with Crippen molar-refractivity contribution in [1.82, 2.24) is 20.1 Å². The van der Waals surface area contributed by atoms with Gasteiger partial charge in [0, 0.05) is 31.1 Å². The number of urea groups is 1. The van der Waals surface area contributed by atoms with E-state index < -0.39 is 42.7 Å². The van der Waals surface area contributed by atoms with Gasteiger partial charge < -0.3 is 15.3 Å². The van der Waals surface area contributed by atoms with E-state index in [1.807, 2.05) is 0 Å². The van der Waals surface area contributed by atoms with Gasteiger partial charge in [0.1, 0.15) is 5.69 Å². The summed E-state index contributed by atoms with van der Waals surface area (Å²) in [4.78, 5) is 18.4. The number of aromatic amines is 1. The first-order chi connectivity index (χ1) is 12.8. The van der Waals surface area contributed by atoms with Crippen LogP contribution in [0.1, 0.15) is 25.7 Å². The second kappa shape index (κ2) is 6.22. The molecule has 4 heterocycles. The van der Waals surface area contributed by atoms with Crippen LogP contribution >= 0.6 is 0 Å². The summed E-state index contributed by atoms with van der Waals surface area (Å²) in [6.45, 7) is 0. The molecule has 2 unspecified atom stereocenters. The number of rotatable bonds is 2. The van der Waals surface area contributed by atoms with Crippen molar-refractivity contribution in [2.24, 2.45) is 0 Å². The molecule has 0 aliphatic carbocycles. The normalized spacial score (nSPS) is 27.6. The van der Waals surface area contributed by atoms with Crippen LogP contribution in [-0.4, -0.2) is 55.1 Å². The average Bonchev–Trinajstić information content (AvgIpc) is 3.17. The fourth-order valence-electron chi connectivity index (χ4n) is 4.05. The maximum atomic E-state index is 13.2. The number of nitrogens with zero attached hydrogens (tertiary/aromatic N) is 3. The summed E-state index contributed by atoms with van der Waals surface area (Å²) < 4.78 is 39.6. The topological polar surface area (TPSA) is 94.1 Å². The third-order valence-corrected chi connectivity index (χ3v) is 5.33. The largest absolute Gasteiger partial charge is 0.417 e. The van der Waals surface area contributed by atoms with E-state index >= 15 is 0 Å². The Kier molecular flexibility index (Phi) is 4.10. The Morgan fingerprint density at radius 1 is 1.30 bits per heavy atom. The molecule has 0 aromatic carbocycles. The highest BCUT2D eigenvalue weighted by Gasteiger charge is 2.61. The second-order valence-corrected chi connectivity index (χ2v) is 7.03. The van der Waals surface area contributed by atoms with E-state index in [0.29, 0.717) is 29.9 Å². The van der Waals surface area contributed by atoms with Crippen LogP contribution in [0.15, 0.2) is 30.6 Å². The second-order valence-electron chi connectivity index (χ2n) is 7.03. The van der Waals surface area contributed by atoms with Gasteiger partial charge in [0.15, 0.2) is 5.60 Å². The summed E-state index contributed by atoms with van der Waals surface area (Å²) >= 11 is 0. The predicted octanol–water partition coefficient (Wildman–Crippen LogP) is 2.92. The molecule has 2 saturated heterocycles. The zero-order chi connectivity index (χ0) is 19.2. The lowest BCUT2D eigenvalue weighted by Gasteiger charge is -2.44. The van der Waals surface area contributed by atoms with Gasteiger partial charge in [-0.2, -0.15) is 18.3 Å². The number of aromatic nitrogens is 3. The van der Waals surface area contributed by atoms with Crippen LogP contribution < -0.4 is 5.32 Å². The number of carbonyl (C=O) groups is 1. The molecule has 0 saturated carbocycles. The zero-order valence-corrected chi connectivity index (χ0v) is 14.2. The Bertz CT molecular complexity index is 825. The number of alkyl halides is 3. The molecule has 2 atom stereocenters. The number of anilines is 1. The number of H-pyrrole nitrogens is 1. The highest BCUT2D eigenvalue weighted by molar-refractivity contribution is 5.93. The third-order valence-electron chi connectivity index (χ3n) is 5.33. The minimum absolute atomic E-state index is 0.398. The molecular formula is C17H18F3N5O2. The lowest BCUT2D eigenvalue weighted by atomic mass is 9.85. The fourth-order valence-corrected chi connectivity index (χ4v) is 4.05. The molecular weight excluding hydrogens is 363 g/mol. The number of carbonyl (C=O) groups excluding carboxylic acids is 1. The molecule has 7 nitrogen and oxygen atoms in total. The number of piperidine rings is 1. The molecule has 2 amide bonds. The van der Waals surface area contributed by atoms with Crippen molar-refractivity contribution in [1.29, 1.82) is 0 Å². The molecule has 2 aromatic rings. The molecule has 2 aromatic heterocycles. The first kappa shape index (κ1) is 17.8. The Morgan fingerprint density at radius 3 is 2.59 bits per heavy atom. The first-order valence-corrected chi connectivity index (χ1v) is 8.62. The molecule has 3 N–H and O–H groups in total. The SMILES string of the molecule is O=C(Nc1cn[nH]c1-c1ccccn1)N1C2CCC1CC(O)(C(F)(F)F)C2. The Hall–Kier alpha value is -2.62. The number of fused-ring (bicyclic) bond motifs is 2. The van der Waals surface area contributed by atoms with Crippen molar-refractivity contribution in [3.8, 4) is 11.4 Å². The Morgan fingerprint density at radius 2 is 2.00 bits per heavy atom. The van der Waals surface area contributed by atoms with E-state index in [9.17, 15) is 23.1 Å². The quantitative estimate of drug-likeness (QED) is 0.746. The summed E-state index contributed by atoms with van der Waals surface area (Å²) in [6.07, 6.45) is -1.79. The van der Waals surface area contributed by atoms with E-state index in [1.165, 1.54) is 11.1 Å². The van der Waals surface area contributed by atoms with Crippen LogP contribution in [0.3, 0.4) is 0 Å². The fraction of sp³-hybridized carbons (Fsp3) is 0.471. The molecule has 144 valence electrons. The van der Waals surface area contributed by atoms with E-state index in [2.05, 4.69) is 20.5 Å². The van der Waals surface area contributed by atoms with Gasteiger partial charge in [-0.25, -0.2) is 4.79 Å². The van der Waals surface area contributed by atoms with E-state index in [1.54, 1.807) is 24.4 Å². The van der Waals surface area contributed by atoms with Gasteiger partial charge in [0.2, 0.25) is 0 Å². The zero-order valence-electron chi connectivity index (χ0n) is 14.2. The van der Waals surface area contributed by atoms with Crippen LogP contribution in [0.25, 0.3) is 11.4 Å². The molecule has 2 fully saturated rings. The smallest absolute Gasteiger partial charge is 0.380 e. The van der Waals surface area contributed by atoms with E-state index in [0.717, 1.165) is 0 Å². The molecule has 10 heteroatoms. The molecule has 0 spiro atoms. The summed E-state index contributed by atoms with van der Waals surface area (Å²) in [5.74, 6) is 0. The standard InChI is InChI=1S/C17H18F3N5O2/c18-17(19,20)16(27)7-10-4-5-11(8-16)25(10)15(26)23-13-9-22-24-14(13)12-3-1-2-6-21-12/h1-3,6,9-11,27H,4-5,7-8H2,(H,22,24)(H,23,26). The van der Waals surface area contributed by atoms with Crippen molar-refractivity contribution in [3.05, 3.63) is 30.6 Å². The number of halogens is 3. The number of nitrogens with one attached hydrogen (secondary N) is 2. The van der Waals surface area contributed by atoms with Gasteiger partial charge in [-0.3, -0.25) is 10.1 Å². The van der Waals surface area contributed by atoms with Gasteiger partial charge in [0.25, 0.3) is 0 Å². The number of hydrogen-bond acceptors (Lipinski definition) is 4. The highest BCUT2D eigenvalue weighted by atomic mass is 19.4. The van der Waals surface area contributed by atoms with E-state index in [-0.39, 0.29) is 0 Å². The van der Waals surface area contributed by atoms with Crippen LogP contribution in [0, 0.1) is 0 Å². The maximum Gasteiger partial charge on any atom is 0.417 e. The molecule has 0 radical (unpaired) electrons. The van der Waals surface area contributed by atoms with Crippen molar-refractivity contribution < 1.29 is 23.1 Å². The monoisotopic (exact) mass is 381 g/mol. The lowest BCUT2D eigenvalue weighted by Crippen LogP contribution is -2.59. The predicted molar refractivity (Wildman–Crippen MR) is 89.7 cm³/mol. The number of pyridine rings is 1. The summed E-state index contributed by atoms with van der Waals surface area (Å²) in [7, 11) is 0. The molecule has 2 aliphatic heterocycles. The van der Waals surface area contributed by atoms with Gasteiger partial charge >= 0.3 is 12.2 Å². The maximum absolute atomic E-state index is 13.2. The third kappa shape index (κ3) is 3.03. The summed E-state index contributed by atoms with van der Waals surface area (Å²) in [5, 5.41) is 19.4. The minimum atomic E-state index is -4.70. The average molecular weight is 381 g/mol. The van der Waals surface area contributed by atoms with Crippen molar-refractivity contribution in [3.63, 3.8) is 0 Å². The lowest BCUT2D eigenvalue weighted by molar-refractivity contribution is -0.276. The molecule has 2 bridgehead atoms. The van der Waals surface area contributed by atoms with Gasteiger partial charge in [-0.15, -0.1) is 0 Å². The van der Waals surface area contributed by atoms with Crippen LogP contribution in [0.5, 0.6) is 0 Å². The van der Waals surface area contributed by atoms with Gasteiger partial charge in [0.05, 0.1) is 17.6 Å². The van der Waals surface area contributed by atoms with Crippen LogP contribution in [-0.2, 0) is 0 Å². The van der Waals surface area contributed by atoms with Crippen molar-refractivity contribution in [2.75, 3.05) is 5.32 Å². The first-order valence-electron chi connectivity index (χ1n) is 8.62. The van der Waals surface area contributed by atoms with E-state index in [4.69, 9.17) is 0 Å². The summed E-state index contributed by atoms with van der Waals surface area (Å²) in [6, 6.07) is 3.49. The Labute approximate surface area is 152 Å². The van der Waals surface area contributed by atoms with Crippen LogP contribution in [0.4, 0.5) is 23.7 Å². The van der Waals surface area contributed by atoms with Crippen molar-refractivity contribution >= 4 is 11.7 Å². The Balaban J connectivity index is 1.52. The van der Waals surface area contributed by atoms with Gasteiger partial charge in [-0.1, -0.05) is 6.07 Å². The van der Waals surface area contributed by atoms with Gasteiger partial charge in [-0.05, 0) is 25.0 Å². The number of amides is 2. The molecule has 27 heavy (non-hydrogen) atoms. The minimum Gasteiger partial charge on any atom is -0.380 e. The van der Waals surface area contributed by atoms with Crippen LogP contribution in [0.2, 0.25) is 0 Å². The number of hydrogen-bond donors (Lipinski definition) is 3. The molecule has 2 aliphatic rings. The highest BCUT2D eigenvalue weighted by Crippen LogP contribution is 2.48.